The Morgan fingerprint density at radius 2 is 1.85 bits per heavy atom. The van der Waals surface area contributed by atoms with Crippen molar-refractivity contribution in [2.75, 3.05) is 38.8 Å². The molecule has 0 radical (unpaired) electrons. The maximum atomic E-state index is 14.8. The van der Waals surface area contributed by atoms with Crippen LogP contribution in [0, 0.1) is 17.8 Å². The summed E-state index contributed by atoms with van der Waals surface area (Å²) in [5.74, 6) is -1.09. The molecule has 3 aliphatic heterocycles. The van der Waals surface area contributed by atoms with Gasteiger partial charge in [-0.25, -0.2) is 0 Å². The number of thioether (sulfide) groups is 1. The number of aliphatic hydroxyl groups is 1. The zero-order chi connectivity index (χ0) is 29.4. The molecule has 8 nitrogen and oxygen atoms in total. The lowest BCUT2D eigenvalue weighted by atomic mass is 9.66. The summed E-state index contributed by atoms with van der Waals surface area (Å²) in [5.41, 5.74) is 0.670. The van der Waals surface area contributed by atoms with Gasteiger partial charge in [-0.15, -0.1) is 24.9 Å². The van der Waals surface area contributed by atoms with Crippen molar-refractivity contribution in [3.05, 3.63) is 49.6 Å². The van der Waals surface area contributed by atoms with Crippen molar-refractivity contribution in [1.82, 2.24) is 9.80 Å². The van der Waals surface area contributed by atoms with Crippen LogP contribution >= 0.6 is 11.8 Å². The van der Waals surface area contributed by atoms with Crippen molar-refractivity contribution in [1.29, 1.82) is 0 Å². The molecule has 40 heavy (non-hydrogen) atoms. The van der Waals surface area contributed by atoms with Gasteiger partial charge in [0.05, 0.1) is 36.3 Å². The van der Waals surface area contributed by atoms with Crippen molar-refractivity contribution in [2.24, 2.45) is 17.8 Å². The van der Waals surface area contributed by atoms with E-state index in [9.17, 15) is 19.5 Å². The van der Waals surface area contributed by atoms with Crippen LogP contribution in [0.5, 0.6) is 5.75 Å². The molecule has 218 valence electrons. The van der Waals surface area contributed by atoms with Crippen LogP contribution in [0.3, 0.4) is 0 Å². The summed E-state index contributed by atoms with van der Waals surface area (Å²) < 4.78 is 4.07. The van der Waals surface area contributed by atoms with Gasteiger partial charge in [0.1, 0.15) is 11.8 Å². The molecule has 0 saturated carbocycles. The molecule has 7 atom stereocenters. The highest BCUT2D eigenvalue weighted by atomic mass is 32.2. The highest BCUT2D eigenvalue weighted by molar-refractivity contribution is 8.02. The number of rotatable bonds is 12. The van der Waals surface area contributed by atoms with E-state index in [0.29, 0.717) is 24.4 Å². The van der Waals surface area contributed by atoms with Gasteiger partial charge < -0.3 is 24.5 Å². The van der Waals surface area contributed by atoms with Gasteiger partial charge in [0.2, 0.25) is 11.8 Å². The van der Waals surface area contributed by atoms with Gasteiger partial charge in [0, 0.05) is 30.6 Å². The number of likely N-dealkylation sites (tertiary alicyclic amines) is 1. The molecule has 0 aromatic heterocycles. The van der Waals surface area contributed by atoms with Crippen molar-refractivity contribution < 1.29 is 24.2 Å². The Morgan fingerprint density at radius 1 is 1.20 bits per heavy atom. The molecule has 3 amide bonds. The van der Waals surface area contributed by atoms with E-state index in [4.69, 9.17) is 4.74 Å². The molecule has 3 saturated heterocycles. The van der Waals surface area contributed by atoms with E-state index < -0.39 is 33.4 Å². The van der Waals surface area contributed by atoms with E-state index in [1.54, 1.807) is 64.9 Å². The normalized spacial score (nSPS) is 30.0. The molecule has 9 heteroatoms. The molecular formula is C31H43N3O5S. The Hall–Kier alpha value is -2.78. The number of anilines is 1. The van der Waals surface area contributed by atoms with Crippen LogP contribution in [-0.4, -0.2) is 88.1 Å². The molecule has 1 aromatic carbocycles. The third-order valence-electron chi connectivity index (χ3n) is 9.30. The standard InChI is InChI=1S/C31H43N3O5S/c1-8-17-32(6)27(36)24-25-28(37)34(23(19-35)20(4)10-3)26(31(25)16-15-30(24,5)40-31)29(38)33(18-9-2)21-11-13-22(39-7)14-12-21/h8-9,11-14,20,23-26,35H,1-2,10,15-19H2,3-7H3/t20-,23-,24-,25-,26?,30+,31?/m0/s1. The lowest BCUT2D eigenvalue weighted by molar-refractivity contribution is -0.146. The monoisotopic (exact) mass is 569 g/mol. The van der Waals surface area contributed by atoms with Gasteiger partial charge in [0.25, 0.3) is 5.91 Å². The number of benzene rings is 1. The van der Waals surface area contributed by atoms with E-state index in [-0.39, 0.29) is 36.8 Å². The van der Waals surface area contributed by atoms with E-state index >= 15 is 0 Å². The maximum Gasteiger partial charge on any atom is 0.251 e. The topological polar surface area (TPSA) is 90.4 Å². The highest BCUT2D eigenvalue weighted by Crippen LogP contribution is 2.72. The first kappa shape index (κ1) is 30.2. The van der Waals surface area contributed by atoms with E-state index in [0.717, 1.165) is 12.8 Å². The van der Waals surface area contributed by atoms with Crippen LogP contribution < -0.4 is 9.64 Å². The molecule has 2 unspecified atom stereocenters. The second kappa shape index (κ2) is 11.6. The second-order valence-electron chi connectivity index (χ2n) is 11.6. The number of carbonyl (C=O) groups is 3. The predicted molar refractivity (Wildman–Crippen MR) is 159 cm³/mol. The fourth-order valence-corrected chi connectivity index (χ4v) is 9.40. The molecule has 1 N–H and O–H groups in total. The number of ether oxygens (including phenoxy) is 1. The fourth-order valence-electron chi connectivity index (χ4n) is 7.07. The number of hydrogen-bond donors (Lipinski definition) is 1. The van der Waals surface area contributed by atoms with E-state index in [1.807, 2.05) is 26.0 Å². The van der Waals surface area contributed by atoms with Gasteiger partial charge in [-0.1, -0.05) is 32.4 Å². The average molecular weight is 570 g/mol. The summed E-state index contributed by atoms with van der Waals surface area (Å²) in [4.78, 5) is 48.1. The van der Waals surface area contributed by atoms with Crippen LogP contribution in [0.4, 0.5) is 5.69 Å². The third kappa shape index (κ3) is 4.65. The third-order valence-corrected chi connectivity index (χ3v) is 11.3. The first-order chi connectivity index (χ1) is 19.0. The number of amides is 3. The quantitative estimate of drug-likeness (QED) is 0.386. The SMILES string of the molecule is C=CCN(C)C(=O)[C@@H]1[C@H]2C(=O)N([C@@H](CO)[C@@H](C)CC)C(C(=O)N(CC=C)c3ccc(OC)cc3)C23CC[C@@]1(C)S3. The molecule has 1 spiro atoms. The highest BCUT2D eigenvalue weighted by Gasteiger charge is 2.78. The fraction of sp³-hybridized carbons (Fsp3) is 0.581. The van der Waals surface area contributed by atoms with Gasteiger partial charge in [0.15, 0.2) is 0 Å². The first-order valence-electron chi connectivity index (χ1n) is 14.1. The second-order valence-corrected chi connectivity index (χ2v) is 13.4. The van der Waals surface area contributed by atoms with Crippen molar-refractivity contribution in [3.8, 4) is 5.75 Å². The molecule has 3 aliphatic rings. The summed E-state index contributed by atoms with van der Waals surface area (Å²) in [7, 11) is 3.33. The number of methoxy groups -OCH3 is 1. The summed E-state index contributed by atoms with van der Waals surface area (Å²) in [6.07, 6.45) is 5.47. The van der Waals surface area contributed by atoms with Crippen LogP contribution in [0.25, 0.3) is 0 Å². The lowest BCUT2D eigenvalue weighted by Crippen LogP contribution is -2.58. The number of aliphatic hydroxyl groups excluding tert-OH is 1. The first-order valence-corrected chi connectivity index (χ1v) is 14.9. The number of fused-ring (bicyclic) bond motifs is 1. The number of likely N-dealkylation sites (N-methyl/N-ethyl adjacent to an activating group) is 1. The predicted octanol–water partition coefficient (Wildman–Crippen LogP) is 3.75. The van der Waals surface area contributed by atoms with Crippen molar-refractivity contribution >= 4 is 35.2 Å². The van der Waals surface area contributed by atoms with Gasteiger partial charge in [-0.3, -0.25) is 14.4 Å². The molecule has 0 aliphatic carbocycles. The van der Waals surface area contributed by atoms with Gasteiger partial charge in [-0.05, 0) is 49.9 Å². The summed E-state index contributed by atoms with van der Waals surface area (Å²) in [5, 5.41) is 10.6. The van der Waals surface area contributed by atoms with E-state index in [1.165, 1.54) is 0 Å². The zero-order valence-corrected chi connectivity index (χ0v) is 25.2. The lowest BCUT2D eigenvalue weighted by Gasteiger charge is -2.41. The minimum absolute atomic E-state index is 0.0382. The average Bonchev–Trinajstić information content (AvgIpc) is 3.52. The smallest absolute Gasteiger partial charge is 0.251 e. The van der Waals surface area contributed by atoms with E-state index in [2.05, 4.69) is 20.1 Å². The van der Waals surface area contributed by atoms with Gasteiger partial charge >= 0.3 is 0 Å². The summed E-state index contributed by atoms with van der Waals surface area (Å²) in [6.45, 7) is 14.1. The van der Waals surface area contributed by atoms with Crippen LogP contribution in [0.15, 0.2) is 49.6 Å². The number of nitrogens with zero attached hydrogens (tertiary/aromatic N) is 3. The Kier molecular flexibility index (Phi) is 8.76. The molecule has 3 heterocycles. The van der Waals surface area contributed by atoms with Crippen LogP contribution in [0.1, 0.15) is 40.0 Å². The number of hydrogen-bond acceptors (Lipinski definition) is 6. The van der Waals surface area contributed by atoms with Crippen molar-refractivity contribution in [3.63, 3.8) is 0 Å². The molecular weight excluding hydrogens is 526 g/mol. The summed E-state index contributed by atoms with van der Waals surface area (Å²) in [6, 6.07) is 5.88. The van der Waals surface area contributed by atoms with Gasteiger partial charge in [-0.2, -0.15) is 0 Å². The Bertz CT molecular complexity index is 1160. The molecule has 3 fully saturated rings. The summed E-state index contributed by atoms with van der Waals surface area (Å²) >= 11 is 1.64. The molecule has 4 rings (SSSR count). The molecule has 2 bridgehead atoms. The van der Waals surface area contributed by atoms with Crippen molar-refractivity contribution in [2.45, 2.75) is 61.6 Å². The minimum atomic E-state index is -0.826. The largest absolute Gasteiger partial charge is 0.497 e. The number of carbonyl (C=O) groups excluding carboxylic acids is 3. The van der Waals surface area contributed by atoms with Crippen LogP contribution in [0.2, 0.25) is 0 Å². The Morgan fingerprint density at radius 3 is 2.40 bits per heavy atom. The zero-order valence-electron chi connectivity index (χ0n) is 24.3. The maximum absolute atomic E-state index is 14.8. The Balaban J connectivity index is 1.86. The van der Waals surface area contributed by atoms with Crippen LogP contribution in [-0.2, 0) is 14.4 Å². The molecule has 1 aromatic rings. The minimum Gasteiger partial charge on any atom is -0.497 e. The Labute approximate surface area is 242 Å².